The minimum absolute atomic E-state index is 0.0935. The van der Waals surface area contributed by atoms with Crippen molar-refractivity contribution >= 4 is 17.5 Å². The van der Waals surface area contributed by atoms with E-state index in [1.807, 2.05) is 24.3 Å². The summed E-state index contributed by atoms with van der Waals surface area (Å²) in [5, 5.41) is 3.41. The van der Waals surface area contributed by atoms with E-state index < -0.39 is 0 Å². The van der Waals surface area contributed by atoms with Gasteiger partial charge in [-0.1, -0.05) is 30.7 Å². The number of amides is 1. The highest BCUT2D eigenvalue weighted by atomic mass is 35.5. The van der Waals surface area contributed by atoms with E-state index in [4.69, 9.17) is 20.8 Å². The van der Waals surface area contributed by atoms with E-state index in [9.17, 15) is 9.59 Å². The second-order valence-corrected chi connectivity index (χ2v) is 8.30. The smallest absolute Gasteiger partial charge is 0.278 e. The van der Waals surface area contributed by atoms with Gasteiger partial charge in [0.25, 0.3) is 5.56 Å². The maximum atomic E-state index is 13.5. The Labute approximate surface area is 195 Å². The maximum absolute atomic E-state index is 13.5. The molecular formula is C25H22ClN3O4. The molecule has 8 heteroatoms. The molecule has 0 saturated carbocycles. The summed E-state index contributed by atoms with van der Waals surface area (Å²) in [7, 11) is 0. The van der Waals surface area contributed by atoms with Gasteiger partial charge in [0, 0.05) is 17.0 Å². The first kappa shape index (κ1) is 21.2. The topological polar surface area (TPSA) is 78.4 Å². The number of nitrogens with one attached hydrogen (secondary N) is 1. The maximum Gasteiger partial charge on any atom is 0.278 e. The quantitative estimate of drug-likeness (QED) is 0.403. The number of aromatic nitrogens is 2. The highest BCUT2D eigenvalue weighted by molar-refractivity contribution is 6.30. The van der Waals surface area contributed by atoms with E-state index in [1.54, 1.807) is 41.3 Å². The third-order valence-electron chi connectivity index (χ3n) is 5.70. The zero-order chi connectivity index (χ0) is 22.9. The molecule has 0 saturated heterocycles. The molecule has 5 rings (SSSR count). The number of carbonyl (C=O) groups is 1. The van der Waals surface area contributed by atoms with Gasteiger partial charge in [-0.15, -0.1) is 0 Å². The van der Waals surface area contributed by atoms with Crippen LogP contribution in [0.5, 0.6) is 11.6 Å². The molecule has 0 atom stereocenters. The summed E-state index contributed by atoms with van der Waals surface area (Å²) in [6, 6.07) is 16.6. The number of aryl methyl sites for hydroxylation is 1. The molecule has 0 spiro atoms. The number of nitrogens with zero attached hydrogens (tertiary/aromatic N) is 2. The van der Waals surface area contributed by atoms with Crippen LogP contribution in [-0.2, 0) is 30.7 Å². The summed E-state index contributed by atoms with van der Waals surface area (Å²) in [5.74, 6) is 1.36. The number of carbonyl (C=O) groups excluding carboxylic acids is 1. The number of furan rings is 1. The van der Waals surface area contributed by atoms with Crippen molar-refractivity contribution in [3.63, 3.8) is 0 Å². The third kappa shape index (κ3) is 4.07. The molecule has 2 aromatic carbocycles. The van der Waals surface area contributed by atoms with E-state index in [2.05, 4.69) is 12.2 Å². The SMILES string of the molecule is CCc1ccc(-n2c(=O)c3c(n2CC(=O)NCc2ccco2)Oc2ccc(Cl)cc2C3)cc1. The van der Waals surface area contributed by atoms with Crippen molar-refractivity contribution in [1.29, 1.82) is 0 Å². The Hall–Kier alpha value is -3.71. The Bertz CT molecular complexity index is 1370. The Morgan fingerprint density at radius 3 is 2.70 bits per heavy atom. The van der Waals surface area contributed by atoms with E-state index in [0.29, 0.717) is 40.1 Å². The van der Waals surface area contributed by atoms with Gasteiger partial charge in [0.15, 0.2) is 0 Å². The second kappa shape index (κ2) is 8.67. The van der Waals surface area contributed by atoms with Crippen LogP contribution in [0.15, 0.2) is 70.1 Å². The van der Waals surface area contributed by atoms with E-state index in [1.165, 1.54) is 4.68 Å². The van der Waals surface area contributed by atoms with Gasteiger partial charge in [-0.05, 0) is 54.4 Å². The van der Waals surface area contributed by atoms with Crippen LogP contribution in [-0.4, -0.2) is 15.3 Å². The van der Waals surface area contributed by atoms with Crippen molar-refractivity contribution in [2.24, 2.45) is 0 Å². The summed E-state index contributed by atoms with van der Waals surface area (Å²) in [6.45, 7) is 2.23. The lowest BCUT2D eigenvalue weighted by Gasteiger charge is -2.19. The number of hydrogen-bond donors (Lipinski definition) is 1. The minimum Gasteiger partial charge on any atom is -0.467 e. The summed E-state index contributed by atoms with van der Waals surface area (Å²) >= 11 is 6.15. The van der Waals surface area contributed by atoms with Gasteiger partial charge in [0.05, 0.1) is 24.1 Å². The van der Waals surface area contributed by atoms with Gasteiger partial charge in [-0.25, -0.2) is 9.36 Å². The molecule has 4 aromatic rings. The molecule has 0 fully saturated rings. The van der Waals surface area contributed by atoms with Crippen LogP contribution in [0.25, 0.3) is 5.69 Å². The lowest BCUT2D eigenvalue weighted by molar-refractivity contribution is -0.122. The molecule has 7 nitrogen and oxygen atoms in total. The van der Waals surface area contributed by atoms with Crippen LogP contribution in [0.4, 0.5) is 0 Å². The van der Waals surface area contributed by atoms with Crippen LogP contribution < -0.4 is 15.6 Å². The van der Waals surface area contributed by atoms with E-state index in [0.717, 1.165) is 17.5 Å². The fourth-order valence-corrected chi connectivity index (χ4v) is 4.18. The fraction of sp³-hybridized carbons (Fsp3) is 0.200. The average molecular weight is 464 g/mol. The number of fused-ring (bicyclic) bond motifs is 2. The van der Waals surface area contributed by atoms with Crippen LogP contribution in [0, 0.1) is 0 Å². The van der Waals surface area contributed by atoms with Crippen LogP contribution in [0.1, 0.15) is 29.4 Å². The zero-order valence-electron chi connectivity index (χ0n) is 18.0. The molecule has 0 aliphatic carbocycles. The predicted molar refractivity (Wildman–Crippen MR) is 124 cm³/mol. The van der Waals surface area contributed by atoms with Gasteiger partial charge in [0.2, 0.25) is 11.8 Å². The second-order valence-electron chi connectivity index (χ2n) is 7.87. The van der Waals surface area contributed by atoms with Crippen molar-refractivity contribution in [1.82, 2.24) is 14.7 Å². The standard InChI is InChI=1S/C25H22ClN3O4/c1-2-16-5-8-19(9-6-16)29-24(31)21-13-17-12-18(26)7-10-22(17)33-25(21)28(29)15-23(30)27-14-20-4-3-11-32-20/h3-12H,2,13-15H2,1H3,(H,27,30). The number of halogens is 1. The Morgan fingerprint density at radius 1 is 1.15 bits per heavy atom. The normalized spacial score (nSPS) is 12.1. The number of ether oxygens (including phenoxy) is 1. The highest BCUT2D eigenvalue weighted by Crippen LogP contribution is 2.37. The molecule has 1 aliphatic rings. The van der Waals surface area contributed by atoms with Crippen molar-refractivity contribution < 1.29 is 13.9 Å². The van der Waals surface area contributed by atoms with E-state index >= 15 is 0 Å². The lowest BCUT2D eigenvalue weighted by atomic mass is 10.0. The van der Waals surface area contributed by atoms with Crippen LogP contribution >= 0.6 is 11.6 Å². The molecular weight excluding hydrogens is 442 g/mol. The first-order valence-electron chi connectivity index (χ1n) is 10.7. The summed E-state index contributed by atoms with van der Waals surface area (Å²) in [4.78, 5) is 26.3. The molecule has 2 aromatic heterocycles. The van der Waals surface area contributed by atoms with Gasteiger partial charge >= 0.3 is 0 Å². The van der Waals surface area contributed by atoms with Gasteiger partial charge < -0.3 is 14.5 Å². The average Bonchev–Trinajstić information content (AvgIpc) is 3.43. The van der Waals surface area contributed by atoms with Crippen molar-refractivity contribution in [3.8, 4) is 17.3 Å². The fourth-order valence-electron chi connectivity index (χ4n) is 3.98. The monoisotopic (exact) mass is 463 g/mol. The molecule has 1 amide bonds. The molecule has 1 aliphatic heterocycles. The Morgan fingerprint density at radius 2 is 1.97 bits per heavy atom. The Balaban J connectivity index is 1.54. The van der Waals surface area contributed by atoms with Gasteiger partial charge in [-0.3, -0.25) is 9.59 Å². The largest absolute Gasteiger partial charge is 0.467 e. The molecule has 0 radical (unpaired) electrons. The van der Waals surface area contributed by atoms with Crippen LogP contribution in [0.3, 0.4) is 0 Å². The molecule has 1 N–H and O–H groups in total. The first-order valence-corrected chi connectivity index (χ1v) is 11.1. The molecule has 0 unspecified atom stereocenters. The number of rotatable bonds is 6. The highest BCUT2D eigenvalue weighted by Gasteiger charge is 2.29. The van der Waals surface area contributed by atoms with Gasteiger partial charge in [0.1, 0.15) is 18.1 Å². The Kier molecular flexibility index (Phi) is 5.56. The zero-order valence-corrected chi connectivity index (χ0v) is 18.8. The minimum atomic E-state index is -0.270. The van der Waals surface area contributed by atoms with Crippen LogP contribution in [0.2, 0.25) is 5.02 Å². The number of benzene rings is 2. The van der Waals surface area contributed by atoms with E-state index in [-0.39, 0.29) is 24.6 Å². The number of hydrogen-bond acceptors (Lipinski definition) is 4. The summed E-state index contributed by atoms with van der Waals surface area (Å²) < 4.78 is 14.5. The van der Waals surface area contributed by atoms with Gasteiger partial charge in [-0.2, -0.15) is 0 Å². The first-order chi connectivity index (χ1) is 16.0. The third-order valence-corrected chi connectivity index (χ3v) is 5.94. The summed E-state index contributed by atoms with van der Waals surface area (Å²) in [6.07, 6.45) is 2.82. The van der Waals surface area contributed by atoms with Crippen molar-refractivity contribution in [2.75, 3.05) is 0 Å². The molecule has 33 heavy (non-hydrogen) atoms. The molecule has 168 valence electrons. The predicted octanol–water partition coefficient (Wildman–Crippen LogP) is 4.46. The lowest BCUT2D eigenvalue weighted by Crippen LogP contribution is -2.31. The van der Waals surface area contributed by atoms with Crippen molar-refractivity contribution in [3.05, 3.63) is 98.7 Å². The van der Waals surface area contributed by atoms with Crippen molar-refractivity contribution in [2.45, 2.75) is 32.9 Å². The molecule has 3 heterocycles. The molecule has 0 bridgehead atoms. The summed E-state index contributed by atoms with van der Waals surface area (Å²) in [5.41, 5.74) is 2.92.